The van der Waals surface area contributed by atoms with Gasteiger partial charge in [-0.25, -0.2) is 9.79 Å². The van der Waals surface area contributed by atoms with E-state index in [2.05, 4.69) is 36.9 Å². The van der Waals surface area contributed by atoms with E-state index in [-0.39, 0.29) is 19.0 Å². The van der Waals surface area contributed by atoms with Gasteiger partial charge in [-0.1, -0.05) is 17.4 Å². The summed E-state index contributed by atoms with van der Waals surface area (Å²) in [6.45, 7) is 3.81. The van der Waals surface area contributed by atoms with E-state index < -0.39 is 12.0 Å². The van der Waals surface area contributed by atoms with Crippen LogP contribution in [-0.2, 0) is 9.53 Å². The highest BCUT2D eigenvalue weighted by Crippen LogP contribution is 2.38. The molecule has 186 valence electrons. The molecule has 3 aromatic rings. The maximum absolute atomic E-state index is 13.8. The van der Waals surface area contributed by atoms with Gasteiger partial charge in [0, 0.05) is 0 Å². The molecule has 0 aliphatic carbocycles. The van der Waals surface area contributed by atoms with Crippen molar-refractivity contribution in [3.63, 3.8) is 0 Å². The van der Waals surface area contributed by atoms with Gasteiger partial charge in [0.2, 0.25) is 6.79 Å². The molecule has 2 aliphatic heterocycles. The Balaban J connectivity index is 1.71. The number of nitrogens with zero attached hydrogens (tertiary/aromatic N) is 2. The fraction of sp³-hybridized carbons (Fsp3) is 0.240. The SMILES string of the molecule is CCOC(=O)C1=C(C)N=c2s/c(=C\c3cc(Br)c(OC)c(Br)c3)c(=O)n2[C@@H]1c1ccc2c(c1)OCO2. The first-order chi connectivity index (χ1) is 17.3. The number of hydrogen-bond donors (Lipinski definition) is 0. The van der Waals surface area contributed by atoms with Crippen LogP contribution in [-0.4, -0.2) is 31.0 Å². The zero-order chi connectivity index (χ0) is 25.6. The third kappa shape index (κ3) is 4.29. The summed E-state index contributed by atoms with van der Waals surface area (Å²) >= 11 is 8.27. The highest BCUT2D eigenvalue weighted by molar-refractivity contribution is 9.11. The first kappa shape index (κ1) is 24.8. The molecular weight excluding hydrogens is 616 g/mol. The van der Waals surface area contributed by atoms with Crippen molar-refractivity contribution < 1.29 is 23.7 Å². The minimum Gasteiger partial charge on any atom is -0.494 e. The van der Waals surface area contributed by atoms with Gasteiger partial charge in [-0.2, -0.15) is 0 Å². The number of carbonyl (C=O) groups is 1. The Morgan fingerprint density at radius 2 is 1.94 bits per heavy atom. The number of methoxy groups -OCH3 is 1. The zero-order valence-electron chi connectivity index (χ0n) is 19.5. The molecule has 1 aromatic heterocycles. The average molecular weight is 636 g/mol. The van der Waals surface area contributed by atoms with E-state index in [0.717, 1.165) is 14.5 Å². The largest absolute Gasteiger partial charge is 0.494 e. The number of fused-ring (bicyclic) bond motifs is 2. The van der Waals surface area contributed by atoms with E-state index in [1.807, 2.05) is 18.2 Å². The summed E-state index contributed by atoms with van der Waals surface area (Å²) in [5.74, 6) is 1.31. The van der Waals surface area contributed by atoms with Crippen LogP contribution in [0.3, 0.4) is 0 Å². The highest BCUT2D eigenvalue weighted by Gasteiger charge is 2.34. The van der Waals surface area contributed by atoms with Crippen LogP contribution < -0.4 is 29.1 Å². The van der Waals surface area contributed by atoms with Gasteiger partial charge in [-0.3, -0.25) is 9.36 Å². The van der Waals surface area contributed by atoms with Crippen LogP contribution in [0.2, 0.25) is 0 Å². The summed E-state index contributed by atoms with van der Waals surface area (Å²) in [7, 11) is 1.59. The van der Waals surface area contributed by atoms with Crippen molar-refractivity contribution in [2.24, 2.45) is 4.99 Å². The molecular formula is C25H20Br2N2O6S. The summed E-state index contributed by atoms with van der Waals surface area (Å²) in [6, 6.07) is 8.40. The molecule has 5 rings (SSSR count). The van der Waals surface area contributed by atoms with Gasteiger partial charge in [0.15, 0.2) is 16.3 Å². The normalized spacial score (nSPS) is 16.6. The van der Waals surface area contributed by atoms with E-state index in [1.165, 1.54) is 11.3 Å². The lowest BCUT2D eigenvalue weighted by molar-refractivity contribution is -0.139. The first-order valence-electron chi connectivity index (χ1n) is 10.9. The minimum absolute atomic E-state index is 0.119. The van der Waals surface area contributed by atoms with Gasteiger partial charge in [0.1, 0.15) is 5.75 Å². The first-order valence-corrected chi connectivity index (χ1v) is 13.3. The molecule has 0 saturated carbocycles. The Bertz CT molecular complexity index is 1580. The monoisotopic (exact) mass is 634 g/mol. The molecule has 0 bridgehead atoms. The fourth-order valence-electron chi connectivity index (χ4n) is 4.20. The van der Waals surface area contributed by atoms with E-state index in [1.54, 1.807) is 43.7 Å². The molecule has 0 spiro atoms. The standard InChI is InChI=1S/C25H20Br2N2O6S/c1-4-33-24(31)20-12(2)28-25-29(21(20)14-5-6-17-18(10-14)35-11-34-17)23(30)19(36-25)9-13-7-15(26)22(32-3)16(27)8-13/h5-10,21H,4,11H2,1-3H3/b19-9-/t21-/m1/s1. The second-order valence-electron chi connectivity index (χ2n) is 7.93. The van der Waals surface area contributed by atoms with Crippen LogP contribution in [0, 0.1) is 0 Å². The van der Waals surface area contributed by atoms with E-state index in [4.69, 9.17) is 18.9 Å². The molecule has 11 heteroatoms. The second-order valence-corrected chi connectivity index (χ2v) is 10.7. The Morgan fingerprint density at radius 3 is 2.64 bits per heavy atom. The molecule has 2 aliphatic rings. The maximum atomic E-state index is 13.8. The molecule has 36 heavy (non-hydrogen) atoms. The van der Waals surface area contributed by atoms with Crippen molar-refractivity contribution in [1.82, 2.24) is 4.57 Å². The van der Waals surface area contributed by atoms with Crippen molar-refractivity contribution in [3.05, 3.63) is 81.4 Å². The Morgan fingerprint density at radius 1 is 1.22 bits per heavy atom. The number of aromatic nitrogens is 1. The van der Waals surface area contributed by atoms with Gasteiger partial charge in [0.25, 0.3) is 5.56 Å². The molecule has 0 amide bonds. The third-order valence-corrected chi connectivity index (χ3v) is 7.91. The lowest BCUT2D eigenvalue weighted by atomic mass is 9.95. The van der Waals surface area contributed by atoms with E-state index >= 15 is 0 Å². The van der Waals surface area contributed by atoms with Crippen molar-refractivity contribution in [1.29, 1.82) is 0 Å². The fourth-order valence-corrected chi connectivity index (χ4v) is 6.79. The minimum atomic E-state index is -0.730. The maximum Gasteiger partial charge on any atom is 0.338 e. The molecule has 0 radical (unpaired) electrons. The number of esters is 1. The van der Waals surface area contributed by atoms with Gasteiger partial charge >= 0.3 is 5.97 Å². The van der Waals surface area contributed by atoms with Crippen molar-refractivity contribution in [2.75, 3.05) is 20.5 Å². The van der Waals surface area contributed by atoms with Gasteiger partial charge in [0.05, 0.1) is 44.5 Å². The van der Waals surface area contributed by atoms with Crippen LogP contribution in [0.25, 0.3) is 6.08 Å². The summed E-state index contributed by atoms with van der Waals surface area (Å²) in [5.41, 5.74) is 2.03. The highest BCUT2D eigenvalue weighted by atomic mass is 79.9. The quantitative estimate of drug-likeness (QED) is 0.393. The molecule has 3 heterocycles. The van der Waals surface area contributed by atoms with Crippen LogP contribution >= 0.6 is 43.2 Å². The predicted octanol–water partition coefficient (Wildman–Crippen LogP) is 4.06. The number of allylic oxidation sites excluding steroid dienone is 1. The number of hydrogen-bond acceptors (Lipinski definition) is 8. The molecule has 8 nitrogen and oxygen atoms in total. The van der Waals surface area contributed by atoms with E-state index in [9.17, 15) is 9.59 Å². The van der Waals surface area contributed by atoms with Crippen LogP contribution in [0.15, 0.2) is 60.3 Å². The van der Waals surface area contributed by atoms with Crippen molar-refractivity contribution in [2.45, 2.75) is 19.9 Å². The van der Waals surface area contributed by atoms with Gasteiger partial charge < -0.3 is 18.9 Å². The van der Waals surface area contributed by atoms with Crippen molar-refractivity contribution in [3.8, 4) is 17.2 Å². The molecule has 0 saturated heterocycles. The number of carbonyl (C=O) groups excluding carboxylic acids is 1. The van der Waals surface area contributed by atoms with Crippen LogP contribution in [0.5, 0.6) is 17.2 Å². The smallest absolute Gasteiger partial charge is 0.338 e. The molecule has 0 N–H and O–H groups in total. The summed E-state index contributed by atoms with van der Waals surface area (Å²) in [6.07, 6.45) is 1.79. The van der Waals surface area contributed by atoms with Crippen LogP contribution in [0.1, 0.15) is 31.0 Å². The third-order valence-electron chi connectivity index (χ3n) is 5.75. The number of rotatable bonds is 5. The molecule has 0 unspecified atom stereocenters. The van der Waals surface area contributed by atoms with Gasteiger partial charge in [-0.15, -0.1) is 0 Å². The Labute approximate surface area is 226 Å². The Kier molecular flexibility index (Phi) is 6.80. The zero-order valence-corrected chi connectivity index (χ0v) is 23.5. The van der Waals surface area contributed by atoms with Gasteiger partial charge in [-0.05, 0) is 87.2 Å². The van der Waals surface area contributed by atoms with Crippen LogP contribution in [0.4, 0.5) is 0 Å². The number of ether oxygens (including phenoxy) is 4. The average Bonchev–Trinajstić information content (AvgIpc) is 3.42. The predicted molar refractivity (Wildman–Crippen MR) is 141 cm³/mol. The molecule has 1 atom stereocenters. The lowest BCUT2D eigenvalue weighted by Gasteiger charge is -2.24. The van der Waals surface area contributed by atoms with E-state index in [0.29, 0.717) is 43.4 Å². The molecule has 0 fully saturated rings. The summed E-state index contributed by atoms with van der Waals surface area (Å²) < 4.78 is 25.2. The Hall–Kier alpha value is -2.89. The number of halogens is 2. The number of thiazole rings is 1. The molecule has 2 aromatic carbocycles. The second kappa shape index (κ2) is 9.87. The number of benzene rings is 2. The van der Waals surface area contributed by atoms with Crippen molar-refractivity contribution >= 4 is 55.2 Å². The lowest BCUT2D eigenvalue weighted by Crippen LogP contribution is -2.39. The summed E-state index contributed by atoms with van der Waals surface area (Å²) in [4.78, 5) is 31.9. The topological polar surface area (TPSA) is 88.4 Å². The summed E-state index contributed by atoms with van der Waals surface area (Å²) in [5, 5.41) is 0.